The van der Waals surface area contributed by atoms with E-state index in [9.17, 15) is 0 Å². The Bertz CT molecular complexity index is 360. The Morgan fingerprint density at radius 2 is 2.12 bits per heavy atom. The van der Waals surface area contributed by atoms with Gasteiger partial charge in [-0.05, 0) is 56.9 Å². The predicted octanol–water partition coefficient (Wildman–Crippen LogP) is 3.42. The number of nitrogens with one attached hydrogen (secondary N) is 1. The third-order valence-electron chi connectivity index (χ3n) is 3.60. The van der Waals surface area contributed by atoms with Gasteiger partial charge in [-0.1, -0.05) is 0 Å². The third kappa shape index (κ3) is 2.16. The molecular formula is C14H22N2. The summed E-state index contributed by atoms with van der Waals surface area (Å²) in [6.07, 6.45) is 4.04. The molecular weight excluding hydrogens is 196 g/mol. The minimum absolute atomic E-state index is 0.688. The summed E-state index contributed by atoms with van der Waals surface area (Å²) in [4.78, 5) is 2.55. The molecule has 1 N–H and O–H groups in total. The number of hydrogen-bond acceptors (Lipinski definition) is 2. The van der Waals surface area contributed by atoms with Crippen molar-refractivity contribution >= 4 is 11.4 Å². The van der Waals surface area contributed by atoms with Gasteiger partial charge in [0, 0.05) is 31.0 Å². The monoisotopic (exact) mass is 218 g/mol. The van der Waals surface area contributed by atoms with Gasteiger partial charge in [-0.25, -0.2) is 0 Å². The lowest BCUT2D eigenvalue weighted by atomic mass is 10.0. The van der Waals surface area contributed by atoms with E-state index in [1.165, 1.54) is 42.7 Å². The van der Waals surface area contributed by atoms with Crippen LogP contribution >= 0.6 is 0 Å². The standard InChI is InChI=1S/C14H22N2/c1-11-10-13(15-3)7-8-14(11)16-9-5-4-6-12(16)2/h7-8,10,12,15H,4-6,9H2,1-3H3. The summed E-state index contributed by atoms with van der Waals surface area (Å²) in [5.41, 5.74) is 3.98. The molecule has 88 valence electrons. The van der Waals surface area contributed by atoms with Gasteiger partial charge in [-0.3, -0.25) is 0 Å². The van der Waals surface area contributed by atoms with E-state index in [0.29, 0.717) is 6.04 Å². The minimum atomic E-state index is 0.688. The van der Waals surface area contributed by atoms with Crippen LogP contribution in [0, 0.1) is 6.92 Å². The second kappa shape index (κ2) is 4.77. The summed E-state index contributed by atoms with van der Waals surface area (Å²) in [5.74, 6) is 0. The zero-order valence-electron chi connectivity index (χ0n) is 10.6. The summed E-state index contributed by atoms with van der Waals surface area (Å²) in [6, 6.07) is 7.34. The van der Waals surface area contributed by atoms with Crippen molar-refractivity contribution in [1.82, 2.24) is 0 Å². The smallest absolute Gasteiger partial charge is 0.0399 e. The van der Waals surface area contributed by atoms with Crippen LogP contribution in [-0.4, -0.2) is 19.6 Å². The molecule has 1 fully saturated rings. The van der Waals surface area contributed by atoms with Gasteiger partial charge >= 0.3 is 0 Å². The topological polar surface area (TPSA) is 15.3 Å². The molecule has 2 nitrogen and oxygen atoms in total. The van der Waals surface area contributed by atoms with Crippen LogP contribution in [0.2, 0.25) is 0 Å². The van der Waals surface area contributed by atoms with Crippen LogP contribution in [0.15, 0.2) is 18.2 Å². The summed E-state index contributed by atoms with van der Waals surface area (Å²) in [7, 11) is 1.97. The molecule has 0 aromatic heterocycles. The SMILES string of the molecule is CNc1ccc(N2CCCCC2C)c(C)c1. The second-order valence-electron chi connectivity index (χ2n) is 4.79. The number of piperidine rings is 1. The first-order chi connectivity index (χ1) is 7.72. The molecule has 2 heteroatoms. The largest absolute Gasteiger partial charge is 0.388 e. The molecule has 1 aliphatic rings. The molecule has 0 bridgehead atoms. The van der Waals surface area contributed by atoms with Crippen molar-refractivity contribution in [2.75, 3.05) is 23.8 Å². The fourth-order valence-electron chi connectivity index (χ4n) is 2.59. The van der Waals surface area contributed by atoms with Gasteiger partial charge in [0.1, 0.15) is 0 Å². The van der Waals surface area contributed by atoms with E-state index in [1.54, 1.807) is 0 Å². The van der Waals surface area contributed by atoms with Gasteiger partial charge in [-0.15, -0.1) is 0 Å². The highest BCUT2D eigenvalue weighted by Crippen LogP contribution is 2.29. The number of hydrogen-bond donors (Lipinski definition) is 1. The average Bonchev–Trinajstić information content (AvgIpc) is 2.30. The quantitative estimate of drug-likeness (QED) is 0.818. The maximum Gasteiger partial charge on any atom is 0.0399 e. The van der Waals surface area contributed by atoms with Gasteiger partial charge in [0.25, 0.3) is 0 Å². The van der Waals surface area contributed by atoms with E-state index in [1.807, 2.05) is 7.05 Å². The number of aryl methyl sites for hydroxylation is 1. The molecule has 1 aromatic rings. The number of nitrogens with zero attached hydrogens (tertiary/aromatic N) is 1. The van der Waals surface area contributed by atoms with Crippen molar-refractivity contribution in [3.05, 3.63) is 23.8 Å². The summed E-state index contributed by atoms with van der Waals surface area (Å²) in [5, 5.41) is 3.19. The lowest BCUT2D eigenvalue weighted by molar-refractivity contribution is 0.484. The fourth-order valence-corrected chi connectivity index (χ4v) is 2.59. The van der Waals surface area contributed by atoms with Crippen molar-refractivity contribution in [1.29, 1.82) is 0 Å². The maximum atomic E-state index is 3.19. The fraction of sp³-hybridized carbons (Fsp3) is 0.571. The summed E-state index contributed by atoms with van der Waals surface area (Å²) >= 11 is 0. The van der Waals surface area contributed by atoms with E-state index < -0.39 is 0 Å². The molecule has 1 saturated heterocycles. The Hall–Kier alpha value is -1.18. The minimum Gasteiger partial charge on any atom is -0.388 e. The van der Waals surface area contributed by atoms with Crippen molar-refractivity contribution in [2.45, 2.75) is 39.2 Å². The lowest BCUT2D eigenvalue weighted by Gasteiger charge is -2.36. The number of anilines is 2. The highest BCUT2D eigenvalue weighted by atomic mass is 15.2. The van der Waals surface area contributed by atoms with Crippen LogP contribution < -0.4 is 10.2 Å². The third-order valence-corrected chi connectivity index (χ3v) is 3.60. The van der Waals surface area contributed by atoms with Crippen LogP contribution in [0.25, 0.3) is 0 Å². The summed E-state index contributed by atoms with van der Waals surface area (Å²) < 4.78 is 0. The van der Waals surface area contributed by atoms with E-state index in [0.717, 1.165) is 0 Å². The zero-order chi connectivity index (χ0) is 11.5. The maximum absolute atomic E-state index is 3.19. The molecule has 2 rings (SSSR count). The normalized spacial score (nSPS) is 20.9. The molecule has 1 aliphatic heterocycles. The van der Waals surface area contributed by atoms with Crippen LogP contribution in [0.1, 0.15) is 31.7 Å². The Labute approximate surface area is 98.7 Å². The average molecular weight is 218 g/mol. The van der Waals surface area contributed by atoms with Crippen LogP contribution in [0.4, 0.5) is 11.4 Å². The second-order valence-corrected chi connectivity index (χ2v) is 4.79. The van der Waals surface area contributed by atoms with Crippen LogP contribution in [0.5, 0.6) is 0 Å². The number of benzene rings is 1. The van der Waals surface area contributed by atoms with E-state index in [-0.39, 0.29) is 0 Å². The van der Waals surface area contributed by atoms with Gasteiger partial charge < -0.3 is 10.2 Å². The molecule has 1 atom stereocenters. The van der Waals surface area contributed by atoms with Gasteiger partial charge in [0.15, 0.2) is 0 Å². The first-order valence-corrected chi connectivity index (χ1v) is 6.27. The lowest BCUT2D eigenvalue weighted by Crippen LogP contribution is -2.37. The van der Waals surface area contributed by atoms with Crippen molar-refractivity contribution in [3.63, 3.8) is 0 Å². The molecule has 0 spiro atoms. The van der Waals surface area contributed by atoms with Gasteiger partial charge in [-0.2, -0.15) is 0 Å². The van der Waals surface area contributed by atoms with Gasteiger partial charge in [0.05, 0.1) is 0 Å². The Morgan fingerprint density at radius 3 is 2.75 bits per heavy atom. The molecule has 1 aromatic carbocycles. The molecule has 0 radical (unpaired) electrons. The highest BCUT2D eigenvalue weighted by Gasteiger charge is 2.19. The molecule has 1 unspecified atom stereocenters. The number of rotatable bonds is 2. The molecule has 1 heterocycles. The van der Waals surface area contributed by atoms with Crippen LogP contribution in [0.3, 0.4) is 0 Å². The molecule has 0 aliphatic carbocycles. The van der Waals surface area contributed by atoms with E-state index in [2.05, 4.69) is 42.3 Å². The summed E-state index contributed by atoms with van der Waals surface area (Å²) in [6.45, 7) is 5.75. The van der Waals surface area contributed by atoms with E-state index in [4.69, 9.17) is 0 Å². The van der Waals surface area contributed by atoms with Crippen molar-refractivity contribution < 1.29 is 0 Å². The van der Waals surface area contributed by atoms with Gasteiger partial charge in [0.2, 0.25) is 0 Å². The molecule has 0 amide bonds. The first-order valence-electron chi connectivity index (χ1n) is 6.27. The molecule has 16 heavy (non-hydrogen) atoms. The van der Waals surface area contributed by atoms with Crippen LogP contribution in [-0.2, 0) is 0 Å². The predicted molar refractivity (Wildman–Crippen MR) is 71.4 cm³/mol. The highest BCUT2D eigenvalue weighted by molar-refractivity contribution is 5.61. The van der Waals surface area contributed by atoms with Crippen molar-refractivity contribution in [3.8, 4) is 0 Å². The Balaban J connectivity index is 2.25. The van der Waals surface area contributed by atoms with E-state index >= 15 is 0 Å². The first kappa shape index (κ1) is 11.3. The molecule has 0 saturated carbocycles. The Kier molecular flexibility index (Phi) is 3.37. The van der Waals surface area contributed by atoms with Crippen molar-refractivity contribution in [2.24, 2.45) is 0 Å². The zero-order valence-corrected chi connectivity index (χ0v) is 10.6. The Morgan fingerprint density at radius 1 is 1.31 bits per heavy atom.